The minimum Gasteiger partial charge on any atom is -0.332 e. The summed E-state index contributed by atoms with van der Waals surface area (Å²) in [7, 11) is -5.44. The Morgan fingerprint density at radius 3 is 2.34 bits per heavy atom. The molecule has 1 N–H and O–H groups in total. The van der Waals surface area contributed by atoms with E-state index in [2.05, 4.69) is 20.6 Å². The van der Waals surface area contributed by atoms with Crippen molar-refractivity contribution in [3.05, 3.63) is 65.9 Å². The zero-order chi connectivity index (χ0) is 25.4. The minimum atomic E-state index is -5.44. The summed E-state index contributed by atoms with van der Waals surface area (Å²) >= 11 is 0. The fourth-order valence-corrected chi connectivity index (χ4v) is 3.97. The van der Waals surface area contributed by atoms with Crippen molar-refractivity contribution < 1.29 is 30.9 Å². The molecule has 0 bridgehead atoms. The molecule has 2 aromatic heterocycles. The lowest BCUT2D eigenvalue weighted by molar-refractivity contribution is -0.114. The van der Waals surface area contributed by atoms with Crippen LogP contribution in [0.2, 0.25) is 0 Å². The molecule has 0 aliphatic carbocycles. The number of alkyl halides is 3. The van der Waals surface area contributed by atoms with Crippen LogP contribution >= 0.6 is 0 Å². The summed E-state index contributed by atoms with van der Waals surface area (Å²) in [5, 5.41) is 11.0. The largest absolute Gasteiger partial charge is 0.501 e. The molecule has 35 heavy (non-hydrogen) atoms. The van der Waals surface area contributed by atoms with Crippen molar-refractivity contribution in [1.82, 2.24) is 19.9 Å². The van der Waals surface area contributed by atoms with Gasteiger partial charge >= 0.3 is 5.51 Å². The van der Waals surface area contributed by atoms with E-state index in [1.165, 1.54) is 19.1 Å². The van der Waals surface area contributed by atoms with Gasteiger partial charge in [0.05, 0.1) is 11.4 Å². The first-order valence-corrected chi connectivity index (χ1v) is 11.6. The first-order chi connectivity index (χ1) is 16.4. The van der Waals surface area contributed by atoms with E-state index < -0.39 is 20.2 Å². The number of halogens is 3. The van der Waals surface area contributed by atoms with Crippen molar-refractivity contribution in [2.45, 2.75) is 30.8 Å². The molecule has 4 aromatic rings. The van der Waals surface area contributed by atoms with E-state index in [-0.39, 0.29) is 23.2 Å². The van der Waals surface area contributed by atoms with Crippen molar-refractivity contribution in [2.24, 2.45) is 0 Å². The van der Waals surface area contributed by atoms with E-state index in [0.29, 0.717) is 17.9 Å². The third-order valence-electron chi connectivity index (χ3n) is 4.96. The van der Waals surface area contributed by atoms with Crippen LogP contribution in [-0.4, -0.2) is 39.8 Å². The smallest absolute Gasteiger partial charge is 0.332 e. The topological polar surface area (TPSA) is 120 Å². The zero-order valence-electron chi connectivity index (χ0n) is 18.4. The van der Waals surface area contributed by atoms with Crippen LogP contribution in [0.25, 0.3) is 23.0 Å². The highest BCUT2D eigenvalue weighted by Gasteiger charge is 2.46. The second-order valence-electron chi connectivity index (χ2n) is 7.60. The third-order valence-corrected chi connectivity index (χ3v) is 6.46. The summed E-state index contributed by atoms with van der Waals surface area (Å²) in [4.78, 5) is 14.5. The van der Waals surface area contributed by atoms with E-state index >= 15 is 0 Å². The predicted molar refractivity (Wildman–Crippen MR) is 119 cm³/mol. The highest BCUT2D eigenvalue weighted by atomic mass is 32.2. The average Bonchev–Trinajstić information content (AvgIpc) is 3.41. The molecule has 0 aliphatic rings. The summed E-state index contributed by atoms with van der Waals surface area (Å²) in [6.45, 7) is 3.72. The monoisotopic (exact) mass is 505 g/mol. The fourth-order valence-electron chi connectivity index (χ4n) is 3.21. The molecule has 0 spiro atoms. The van der Waals surface area contributed by atoms with Gasteiger partial charge in [-0.15, -0.1) is 0 Å². The van der Waals surface area contributed by atoms with Crippen LogP contribution in [0.5, 0.6) is 0 Å². The molecule has 2 aromatic carbocycles. The molecule has 0 aliphatic heterocycles. The number of anilines is 1. The number of nitrogens with one attached hydrogen (secondary N) is 1. The lowest BCUT2D eigenvalue weighted by Crippen LogP contribution is -2.23. The highest BCUT2D eigenvalue weighted by Crippen LogP contribution is 2.31. The van der Waals surface area contributed by atoms with Crippen LogP contribution in [0.15, 0.2) is 64.0 Å². The molecule has 1 amide bonds. The molecule has 0 unspecified atom stereocenters. The second kappa shape index (κ2) is 8.98. The third kappa shape index (κ3) is 5.09. The summed E-state index contributed by atoms with van der Waals surface area (Å²) in [5.74, 6) is -0.00177. The van der Waals surface area contributed by atoms with Crippen LogP contribution < -0.4 is 5.32 Å². The summed E-state index contributed by atoms with van der Waals surface area (Å²) in [5.41, 5.74) is -2.28. The molecular formula is C22H18F3N5O4S. The van der Waals surface area contributed by atoms with Crippen LogP contribution in [0, 0.1) is 6.92 Å². The van der Waals surface area contributed by atoms with Gasteiger partial charge in [-0.05, 0) is 55.0 Å². The molecule has 0 atom stereocenters. The molecule has 2 heterocycles. The van der Waals surface area contributed by atoms with Crippen molar-refractivity contribution in [3.8, 4) is 23.0 Å². The van der Waals surface area contributed by atoms with Gasteiger partial charge in [-0.3, -0.25) is 9.48 Å². The van der Waals surface area contributed by atoms with Gasteiger partial charge in [-0.25, -0.2) is 8.42 Å². The Balaban J connectivity index is 1.51. The Hall–Kier alpha value is -4.00. The van der Waals surface area contributed by atoms with E-state index in [1.54, 1.807) is 22.9 Å². The quantitative estimate of drug-likeness (QED) is 0.417. The van der Waals surface area contributed by atoms with Crippen LogP contribution in [0.4, 0.5) is 18.9 Å². The normalized spacial score (nSPS) is 12.0. The van der Waals surface area contributed by atoms with Gasteiger partial charge in [0, 0.05) is 23.9 Å². The summed E-state index contributed by atoms with van der Waals surface area (Å²) < 4.78 is 68.2. The maximum atomic E-state index is 12.7. The number of carbonyl (C=O) groups excluding carboxylic acids is 1. The predicted octanol–water partition coefficient (Wildman–Crippen LogP) is 4.21. The average molecular weight is 505 g/mol. The first-order valence-electron chi connectivity index (χ1n) is 10.1. The van der Waals surface area contributed by atoms with E-state index in [1.807, 2.05) is 19.1 Å². The molecule has 4 rings (SSSR count). The molecule has 182 valence electrons. The Labute approximate surface area is 197 Å². The fraction of sp³-hybridized carbons (Fsp3) is 0.182. The Bertz CT molecular complexity index is 1470. The van der Waals surface area contributed by atoms with Crippen LogP contribution in [0.1, 0.15) is 18.2 Å². The van der Waals surface area contributed by atoms with Gasteiger partial charge in [0.25, 0.3) is 15.7 Å². The van der Waals surface area contributed by atoms with Crippen LogP contribution in [-0.2, 0) is 21.2 Å². The zero-order valence-corrected chi connectivity index (χ0v) is 19.2. The molecule has 0 saturated heterocycles. The van der Waals surface area contributed by atoms with Gasteiger partial charge in [0.1, 0.15) is 0 Å². The maximum absolute atomic E-state index is 12.7. The lowest BCUT2D eigenvalue weighted by atomic mass is 10.2. The number of amides is 1. The van der Waals surface area contributed by atoms with Gasteiger partial charge in [-0.1, -0.05) is 17.3 Å². The Morgan fingerprint density at radius 2 is 1.74 bits per heavy atom. The number of hydrogen-bond acceptors (Lipinski definition) is 7. The van der Waals surface area contributed by atoms with E-state index in [0.717, 1.165) is 23.4 Å². The van der Waals surface area contributed by atoms with Gasteiger partial charge in [0.2, 0.25) is 11.7 Å². The number of aromatic nitrogens is 4. The standard InChI is InChI=1S/C22H18F3N5O4S/c1-13-11-19(28-30(13)12-15-3-7-17(8-4-15)26-14(2)31)21-27-20(29-34-21)16-5-9-18(10-6-16)35(32,33)22(23,24)25/h3-11H,12H2,1-2H3,(H,26,31). The molecule has 0 radical (unpaired) electrons. The number of rotatable bonds is 6. The molecule has 13 heteroatoms. The maximum Gasteiger partial charge on any atom is 0.501 e. The van der Waals surface area contributed by atoms with Gasteiger partial charge in [-0.2, -0.15) is 23.3 Å². The van der Waals surface area contributed by atoms with Crippen LogP contribution in [0.3, 0.4) is 0 Å². The lowest BCUT2D eigenvalue weighted by Gasteiger charge is -2.07. The van der Waals surface area contributed by atoms with Crippen molar-refractivity contribution in [2.75, 3.05) is 5.32 Å². The summed E-state index contributed by atoms with van der Waals surface area (Å²) in [6.07, 6.45) is 0. The summed E-state index contributed by atoms with van der Waals surface area (Å²) in [6, 6.07) is 13.0. The first kappa shape index (κ1) is 24.1. The van der Waals surface area contributed by atoms with E-state index in [4.69, 9.17) is 4.52 Å². The SMILES string of the molecule is CC(=O)Nc1ccc(Cn2nc(-c3nc(-c4ccc(S(=O)(=O)C(F)(F)F)cc4)no3)cc2C)cc1. The Morgan fingerprint density at radius 1 is 1.09 bits per heavy atom. The number of benzene rings is 2. The molecule has 9 nitrogen and oxygen atoms in total. The number of carbonyl (C=O) groups is 1. The highest BCUT2D eigenvalue weighted by molar-refractivity contribution is 7.92. The number of nitrogens with zero attached hydrogens (tertiary/aromatic N) is 4. The number of aryl methyl sites for hydroxylation is 1. The molecule has 0 saturated carbocycles. The number of hydrogen-bond donors (Lipinski definition) is 1. The second-order valence-corrected chi connectivity index (χ2v) is 9.54. The van der Waals surface area contributed by atoms with Crippen molar-refractivity contribution in [1.29, 1.82) is 0 Å². The van der Waals surface area contributed by atoms with Crippen molar-refractivity contribution in [3.63, 3.8) is 0 Å². The molecule has 0 fully saturated rings. The van der Waals surface area contributed by atoms with E-state index in [9.17, 15) is 26.4 Å². The van der Waals surface area contributed by atoms with Crippen molar-refractivity contribution >= 4 is 21.4 Å². The Kier molecular flexibility index (Phi) is 6.19. The minimum absolute atomic E-state index is 0.0664. The molecular weight excluding hydrogens is 487 g/mol. The van der Waals surface area contributed by atoms with Gasteiger partial charge in [0.15, 0.2) is 5.69 Å². The van der Waals surface area contributed by atoms with Gasteiger partial charge < -0.3 is 9.84 Å². The number of sulfone groups is 1.